The Bertz CT molecular complexity index is 349. The minimum absolute atomic E-state index is 0.104. The molecule has 1 rings (SSSR count). The summed E-state index contributed by atoms with van der Waals surface area (Å²) in [5.41, 5.74) is 6.18. The molecule has 2 N–H and O–H groups in total. The van der Waals surface area contributed by atoms with E-state index in [0.717, 1.165) is 5.69 Å². The van der Waals surface area contributed by atoms with Crippen LogP contribution in [0.25, 0.3) is 0 Å². The molecule has 0 atom stereocenters. The Labute approximate surface area is 93.7 Å². The molecule has 0 spiro atoms. The molecule has 0 unspecified atom stereocenters. The van der Waals surface area contributed by atoms with E-state index in [-0.39, 0.29) is 13.2 Å². The number of hydrogen-bond acceptors (Lipinski definition) is 6. The van der Waals surface area contributed by atoms with Crippen molar-refractivity contribution in [2.24, 2.45) is 5.73 Å². The standard InChI is InChI=1S/C10H16N2O4/c1-3-15-10(13)6-14-5-9-12-7(2)8(4-11)16-9/h3-6,11H2,1-2H3. The van der Waals surface area contributed by atoms with Gasteiger partial charge in [-0.2, -0.15) is 0 Å². The Hall–Kier alpha value is -1.40. The Kier molecular flexibility index (Phi) is 4.94. The lowest BCUT2D eigenvalue weighted by Crippen LogP contribution is -2.12. The topological polar surface area (TPSA) is 87.6 Å². The molecule has 6 nitrogen and oxygen atoms in total. The zero-order valence-corrected chi connectivity index (χ0v) is 9.49. The van der Waals surface area contributed by atoms with Crippen molar-refractivity contribution >= 4 is 5.97 Å². The third-order valence-electron chi connectivity index (χ3n) is 1.87. The van der Waals surface area contributed by atoms with Crippen LogP contribution in [-0.2, 0) is 27.4 Å². The van der Waals surface area contributed by atoms with Crippen LogP contribution in [0.4, 0.5) is 0 Å². The lowest BCUT2D eigenvalue weighted by Gasteiger charge is -2.01. The molecule has 0 aliphatic heterocycles. The Morgan fingerprint density at radius 2 is 2.31 bits per heavy atom. The second kappa shape index (κ2) is 6.24. The van der Waals surface area contributed by atoms with Gasteiger partial charge in [0.05, 0.1) is 18.8 Å². The molecule has 0 fully saturated rings. The molecule has 0 radical (unpaired) electrons. The molecule has 1 aromatic heterocycles. The summed E-state index contributed by atoms with van der Waals surface area (Å²) in [4.78, 5) is 15.0. The number of hydrogen-bond donors (Lipinski definition) is 1. The summed E-state index contributed by atoms with van der Waals surface area (Å²) in [7, 11) is 0. The molecule has 0 amide bonds. The van der Waals surface area contributed by atoms with Crippen LogP contribution in [0.15, 0.2) is 4.42 Å². The fourth-order valence-corrected chi connectivity index (χ4v) is 1.16. The van der Waals surface area contributed by atoms with E-state index in [1.165, 1.54) is 0 Å². The lowest BCUT2D eigenvalue weighted by atomic mass is 10.4. The molecule has 90 valence electrons. The van der Waals surface area contributed by atoms with Crippen LogP contribution in [0.3, 0.4) is 0 Å². The average Bonchev–Trinajstić information content (AvgIpc) is 2.59. The van der Waals surface area contributed by atoms with Crippen LogP contribution >= 0.6 is 0 Å². The minimum Gasteiger partial charge on any atom is -0.464 e. The SMILES string of the molecule is CCOC(=O)COCc1nc(C)c(CN)o1. The van der Waals surface area contributed by atoms with Crippen molar-refractivity contribution in [2.75, 3.05) is 13.2 Å². The van der Waals surface area contributed by atoms with E-state index < -0.39 is 5.97 Å². The highest BCUT2D eigenvalue weighted by Crippen LogP contribution is 2.09. The van der Waals surface area contributed by atoms with Gasteiger partial charge in [0.15, 0.2) is 0 Å². The third kappa shape index (κ3) is 3.63. The smallest absolute Gasteiger partial charge is 0.332 e. The zero-order chi connectivity index (χ0) is 12.0. The molecule has 1 heterocycles. The van der Waals surface area contributed by atoms with Crippen molar-refractivity contribution in [1.29, 1.82) is 0 Å². The van der Waals surface area contributed by atoms with Crippen LogP contribution in [0.2, 0.25) is 0 Å². The number of esters is 1. The number of oxazole rings is 1. The van der Waals surface area contributed by atoms with Gasteiger partial charge in [-0.05, 0) is 13.8 Å². The second-order valence-corrected chi connectivity index (χ2v) is 3.12. The monoisotopic (exact) mass is 228 g/mol. The normalized spacial score (nSPS) is 10.4. The van der Waals surface area contributed by atoms with Crippen LogP contribution in [0.1, 0.15) is 24.3 Å². The van der Waals surface area contributed by atoms with Crippen LogP contribution < -0.4 is 5.73 Å². The molecule has 0 aliphatic rings. The largest absolute Gasteiger partial charge is 0.464 e. The zero-order valence-electron chi connectivity index (χ0n) is 9.49. The third-order valence-corrected chi connectivity index (χ3v) is 1.87. The molecule has 0 bridgehead atoms. The van der Waals surface area contributed by atoms with Crippen molar-refractivity contribution in [3.63, 3.8) is 0 Å². The van der Waals surface area contributed by atoms with Crippen molar-refractivity contribution in [3.8, 4) is 0 Å². The maximum atomic E-state index is 10.9. The van der Waals surface area contributed by atoms with E-state index in [4.69, 9.17) is 19.6 Å². The Morgan fingerprint density at radius 3 is 2.88 bits per heavy atom. The van der Waals surface area contributed by atoms with Gasteiger partial charge in [-0.25, -0.2) is 9.78 Å². The van der Waals surface area contributed by atoms with Crippen molar-refractivity contribution in [3.05, 3.63) is 17.3 Å². The summed E-state index contributed by atoms with van der Waals surface area (Å²) in [6, 6.07) is 0. The first-order chi connectivity index (χ1) is 7.67. The quantitative estimate of drug-likeness (QED) is 0.714. The van der Waals surface area contributed by atoms with Gasteiger partial charge >= 0.3 is 5.97 Å². The summed E-state index contributed by atoms with van der Waals surface area (Å²) in [5.74, 6) is 0.654. The van der Waals surface area contributed by atoms with Gasteiger partial charge in [0.1, 0.15) is 19.0 Å². The molecule has 0 aromatic carbocycles. The molecular weight excluding hydrogens is 212 g/mol. The van der Waals surface area contributed by atoms with Gasteiger partial charge in [0.25, 0.3) is 0 Å². The highest BCUT2D eigenvalue weighted by molar-refractivity contribution is 5.70. The maximum Gasteiger partial charge on any atom is 0.332 e. The van der Waals surface area contributed by atoms with Crippen LogP contribution in [-0.4, -0.2) is 24.2 Å². The lowest BCUT2D eigenvalue weighted by molar-refractivity contribution is -0.149. The van der Waals surface area contributed by atoms with E-state index in [2.05, 4.69) is 4.98 Å². The molecule has 6 heteroatoms. The highest BCUT2D eigenvalue weighted by atomic mass is 16.6. The second-order valence-electron chi connectivity index (χ2n) is 3.12. The summed E-state index contributed by atoms with van der Waals surface area (Å²) in [6.45, 7) is 4.23. The van der Waals surface area contributed by atoms with Crippen LogP contribution in [0, 0.1) is 6.92 Å². The van der Waals surface area contributed by atoms with E-state index in [9.17, 15) is 4.79 Å². The van der Waals surface area contributed by atoms with E-state index in [1.807, 2.05) is 0 Å². The van der Waals surface area contributed by atoms with E-state index >= 15 is 0 Å². The fraction of sp³-hybridized carbons (Fsp3) is 0.600. The first-order valence-corrected chi connectivity index (χ1v) is 5.06. The van der Waals surface area contributed by atoms with Gasteiger partial charge in [0.2, 0.25) is 5.89 Å². The number of carbonyl (C=O) groups excluding carboxylic acids is 1. The number of rotatable bonds is 6. The number of nitrogens with zero attached hydrogens (tertiary/aromatic N) is 1. The number of ether oxygens (including phenoxy) is 2. The fourth-order valence-electron chi connectivity index (χ4n) is 1.16. The van der Waals surface area contributed by atoms with Crippen molar-refractivity contribution in [1.82, 2.24) is 4.98 Å². The Morgan fingerprint density at radius 1 is 1.56 bits per heavy atom. The first kappa shape index (κ1) is 12.7. The molecule has 0 aliphatic carbocycles. The number of aromatic nitrogens is 1. The molecule has 16 heavy (non-hydrogen) atoms. The molecule has 1 aromatic rings. The minimum atomic E-state index is -0.398. The van der Waals surface area contributed by atoms with Gasteiger partial charge in [-0.1, -0.05) is 0 Å². The number of aryl methyl sites for hydroxylation is 1. The van der Waals surface area contributed by atoms with Gasteiger partial charge in [0, 0.05) is 0 Å². The van der Waals surface area contributed by atoms with Gasteiger partial charge < -0.3 is 19.6 Å². The highest BCUT2D eigenvalue weighted by Gasteiger charge is 2.09. The molecule has 0 saturated carbocycles. The number of nitrogens with two attached hydrogens (primary N) is 1. The Balaban J connectivity index is 2.34. The van der Waals surface area contributed by atoms with E-state index in [1.54, 1.807) is 13.8 Å². The first-order valence-electron chi connectivity index (χ1n) is 5.06. The predicted octanol–water partition coefficient (Wildman–Crippen LogP) is 0.521. The van der Waals surface area contributed by atoms with Crippen molar-refractivity contribution in [2.45, 2.75) is 27.0 Å². The van der Waals surface area contributed by atoms with Gasteiger partial charge in [-0.15, -0.1) is 0 Å². The van der Waals surface area contributed by atoms with E-state index in [0.29, 0.717) is 24.8 Å². The van der Waals surface area contributed by atoms with Crippen molar-refractivity contribution < 1.29 is 18.7 Å². The predicted molar refractivity (Wildman–Crippen MR) is 55.4 cm³/mol. The number of carbonyl (C=O) groups is 1. The average molecular weight is 228 g/mol. The van der Waals surface area contributed by atoms with Crippen LogP contribution in [0.5, 0.6) is 0 Å². The molecule has 0 saturated heterocycles. The summed E-state index contributed by atoms with van der Waals surface area (Å²) >= 11 is 0. The molecular formula is C10H16N2O4. The summed E-state index contributed by atoms with van der Waals surface area (Å²) in [6.07, 6.45) is 0. The summed E-state index contributed by atoms with van der Waals surface area (Å²) < 4.78 is 15.1. The summed E-state index contributed by atoms with van der Waals surface area (Å²) in [5, 5.41) is 0. The van der Waals surface area contributed by atoms with Gasteiger partial charge in [-0.3, -0.25) is 0 Å². The maximum absolute atomic E-state index is 10.9.